The molecule has 0 unspecified atom stereocenters. The molecule has 5 heteroatoms. The summed E-state index contributed by atoms with van der Waals surface area (Å²) in [5, 5.41) is 5.41. The molecule has 4 nitrogen and oxygen atoms in total. The van der Waals surface area contributed by atoms with E-state index in [1.54, 1.807) is 7.11 Å². The number of nitrogens with two attached hydrogens (primary N) is 1. The number of aryl methyl sites for hydroxylation is 1. The summed E-state index contributed by atoms with van der Waals surface area (Å²) in [6, 6.07) is 20.3. The summed E-state index contributed by atoms with van der Waals surface area (Å²) < 4.78 is 5.25. The van der Waals surface area contributed by atoms with Gasteiger partial charge in [0.05, 0.1) is 13.7 Å². The second kappa shape index (κ2) is 8.71. The van der Waals surface area contributed by atoms with Crippen LogP contribution < -0.4 is 15.8 Å². The van der Waals surface area contributed by atoms with Crippen molar-refractivity contribution in [3.63, 3.8) is 0 Å². The molecule has 0 saturated carbocycles. The van der Waals surface area contributed by atoms with Crippen LogP contribution in [0.2, 0.25) is 0 Å². The van der Waals surface area contributed by atoms with Crippen LogP contribution in [0.4, 0.5) is 5.69 Å². The van der Waals surface area contributed by atoms with Gasteiger partial charge >= 0.3 is 0 Å². The second-order valence-corrected chi connectivity index (χ2v) is 5.74. The molecule has 0 aromatic heterocycles. The van der Waals surface area contributed by atoms with Crippen molar-refractivity contribution in [2.75, 3.05) is 12.4 Å². The average Bonchev–Trinajstić information content (AvgIpc) is 2.61. The molecule has 0 aliphatic rings. The van der Waals surface area contributed by atoms with Crippen molar-refractivity contribution in [2.24, 2.45) is 10.7 Å². The van der Waals surface area contributed by atoms with Gasteiger partial charge in [-0.15, -0.1) is 24.0 Å². The Morgan fingerprint density at radius 2 is 1.68 bits per heavy atom. The fourth-order valence-electron chi connectivity index (χ4n) is 2.50. The molecule has 0 atom stereocenters. The van der Waals surface area contributed by atoms with E-state index in [9.17, 15) is 0 Å². The summed E-state index contributed by atoms with van der Waals surface area (Å²) in [5.41, 5.74) is 9.23. The van der Waals surface area contributed by atoms with Crippen LogP contribution in [0.1, 0.15) is 11.1 Å². The van der Waals surface area contributed by atoms with Crippen LogP contribution in [0.25, 0.3) is 10.8 Å². The maximum absolute atomic E-state index is 5.96. The highest BCUT2D eigenvalue weighted by molar-refractivity contribution is 14.0. The normalized spacial score (nSPS) is 11.0. The predicted molar refractivity (Wildman–Crippen MR) is 116 cm³/mol. The Balaban J connectivity index is 0.00000225. The first-order chi connectivity index (χ1) is 11.6. The van der Waals surface area contributed by atoms with E-state index in [4.69, 9.17) is 10.5 Å². The lowest BCUT2D eigenvalue weighted by Gasteiger charge is -2.07. The Morgan fingerprint density at radius 1 is 1.00 bits per heavy atom. The van der Waals surface area contributed by atoms with E-state index in [0.29, 0.717) is 12.5 Å². The van der Waals surface area contributed by atoms with Crippen molar-refractivity contribution in [3.05, 3.63) is 71.8 Å². The van der Waals surface area contributed by atoms with Crippen molar-refractivity contribution in [3.8, 4) is 5.75 Å². The zero-order valence-electron chi connectivity index (χ0n) is 14.3. The average molecular weight is 447 g/mol. The molecule has 0 aliphatic carbocycles. The number of ether oxygens (including phenoxy) is 1. The van der Waals surface area contributed by atoms with Crippen molar-refractivity contribution in [1.82, 2.24) is 0 Å². The highest BCUT2D eigenvalue weighted by Gasteiger charge is 2.00. The van der Waals surface area contributed by atoms with E-state index in [-0.39, 0.29) is 24.0 Å². The van der Waals surface area contributed by atoms with Crippen molar-refractivity contribution in [2.45, 2.75) is 13.5 Å². The molecule has 3 aromatic rings. The van der Waals surface area contributed by atoms with Gasteiger partial charge in [-0.3, -0.25) is 0 Å². The van der Waals surface area contributed by atoms with Gasteiger partial charge in [0.25, 0.3) is 0 Å². The first-order valence-electron chi connectivity index (χ1n) is 7.84. The van der Waals surface area contributed by atoms with E-state index in [2.05, 4.69) is 41.5 Å². The fourth-order valence-corrected chi connectivity index (χ4v) is 2.50. The summed E-state index contributed by atoms with van der Waals surface area (Å²) in [6.07, 6.45) is 0. The number of hydrogen-bond acceptors (Lipinski definition) is 2. The van der Waals surface area contributed by atoms with Gasteiger partial charge in [0.15, 0.2) is 5.96 Å². The Labute approximate surface area is 165 Å². The van der Waals surface area contributed by atoms with Gasteiger partial charge in [-0.05, 0) is 53.6 Å². The summed E-state index contributed by atoms with van der Waals surface area (Å²) >= 11 is 0. The molecule has 130 valence electrons. The smallest absolute Gasteiger partial charge is 0.193 e. The molecule has 0 radical (unpaired) electrons. The molecule has 0 spiro atoms. The first-order valence-corrected chi connectivity index (χ1v) is 7.84. The molecule has 0 aliphatic heterocycles. The van der Waals surface area contributed by atoms with E-state index in [1.807, 2.05) is 36.4 Å². The first kappa shape index (κ1) is 19.1. The van der Waals surface area contributed by atoms with Crippen molar-refractivity contribution in [1.29, 1.82) is 0 Å². The van der Waals surface area contributed by atoms with Crippen LogP contribution in [0.15, 0.2) is 65.7 Å². The number of methoxy groups -OCH3 is 1. The second-order valence-electron chi connectivity index (χ2n) is 5.74. The lowest BCUT2D eigenvalue weighted by atomic mass is 10.1. The SMILES string of the molecule is COc1ccc2cc(CN=C(N)Nc3ccc(C)cc3)ccc2c1.I. The van der Waals surface area contributed by atoms with Gasteiger partial charge in [0.2, 0.25) is 0 Å². The zero-order valence-corrected chi connectivity index (χ0v) is 16.7. The number of aliphatic imine (C=N–C) groups is 1. The van der Waals surface area contributed by atoms with E-state index >= 15 is 0 Å². The largest absolute Gasteiger partial charge is 0.497 e. The number of rotatable bonds is 4. The maximum Gasteiger partial charge on any atom is 0.193 e. The Morgan fingerprint density at radius 3 is 2.40 bits per heavy atom. The number of fused-ring (bicyclic) bond motifs is 1. The molecule has 0 amide bonds. The minimum atomic E-state index is 0. The van der Waals surface area contributed by atoms with Gasteiger partial charge in [0, 0.05) is 5.69 Å². The van der Waals surface area contributed by atoms with Crippen LogP contribution in [0.5, 0.6) is 5.75 Å². The predicted octanol–water partition coefficient (Wildman–Crippen LogP) is 4.70. The highest BCUT2D eigenvalue weighted by atomic mass is 127. The van der Waals surface area contributed by atoms with Crippen LogP contribution in [0.3, 0.4) is 0 Å². The van der Waals surface area contributed by atoms with Gasteiger partial charge in [-0.25, -0.2) is 4.99 Å². The molecular weight excluding hydrogens is 425 g/mol. The standard InChI is InChI=1S/C20H21N3O.HI/c1-14-3-8-18(9-4-14)23-20(21)22-13-15-5-6-17-12-19(24-2)10-7-16(17)11-15;/h3-12H,13H2,1-2H3,(H3,21,22,23);1H. The lowest BCUT2D eigenvalue weighted by Crippen LogP contribution is -2.22. The quantitative estimate of drug-likeness (QED) is 0.346. The lowest BCUT2D eigenvalue weighted by molar-refractivity contribution is 0.415. The molecule has 0 fully saturated rings. The molecule has 25 heavy (non-hydrogen) atoms. The van der Waals surface area contributed by atoms with E-state index in [0.717, 1.165) is 27.8 Å². The molecule has 3 rings (SSSR count). The van der Waals surface area contributed by atoms with E-state index < -0.39 is 0 Å². The number of guanidine groups is 1. The number of nitrogens with zero attached hydrogens (tertiary/aromatic N) is 1. The third-order valence-electron chi connectivity index (χ3n) is 3.87. The third kappa shape index (κ3) is 5.09. The number of anilines is 1. The number of benzene rings is 3. The summed E-state index contributed by atoms with van der Waals surface area (Å²) in [7, 11) is 1.67. The molecule has 3 N–H and O–H groups in total. The Bertz CT molecular complexity index is 876. The Hall–Kier alpha value is -2.28. The van der Waals surface area contributed by atoms with Crippen LogP contribution >= 0.6 is 24.0 Å². The number of nitrogens with one attached hydrogen (secondary N) is 1. The topological polar surface area (TPSA) is 59.6 Å². The monoisotopic (exact) mass is 447 g/mol. The minimum absolute atomic E-state index is 0. The minimum Gasteiger partial charge on any atom is -0.497 e. The maximum atomic E-state index is 5.96. The molecule has 0 bridgehead atoms. The fraction of sp³-hybridized carbons (Fsp3) is 0.150. The zero-order chi connectivity index (χ0) is 16.9. The molecule has 0 saturated heterocycles. The summed E-state index contributed by atoms with van der Waals surface area (Å²) in [5.74, 6) is 1.27. The van der Waals surface area contributed by atoms with Crippen LogP contribution in [-0.2, 0) is 6.54 Å². The van der Waals surface area contributed by atoms with E-state index in [1.165, 1.54) is 5.56 Å². The van der Waals surface area contributed by atoms with Gasteiger partial charge in [-0.2, -0.15) is 0 Å². The van der Waals surface area contributed by atoms with Gasteiger partial charge in [-0.1, -0.05) is 35.9 Å². The molecule has 3 aromatic carbocycles. The summed E-state index contributed by atoms with van der Waals surface area (Å²) in [6.45, 7) is 2.59. The highest BCUT2D eigenvalue weighted by Crippen LogP contribution is 2.22. The summed E-state index contributed by atoms with van der Waals surface area (Å²) in [4.78, 5) is 4.41. The van der Waals surface area contributed by atoms with Crippen molar-refractivity contribution >= 4 is 46.4 Å². The van der Waals surface area contributed by atoms with Crippen LogP contribution in [0, 0.1) is 6.92 Å². The molecular formula is C20H22IN3O. The Kier molecular flexibility index (Phi) is 6.64. The van der Waals surface area contributed by atoms with Gasteiger partial charge in [0.1, 0.15) is 5.75 Å². The number of halogens is 1. The third-order valence-corrected chi connectivity index (χ3v) is 3.87. The number of hydrogen-bond donors (Lipinski definition) is 2. The van der Waals surface area contributed by atoms with Crippen molar-refractivity contribution < 1.29 is 4.74 Å². The van der Waals surface area contributed by atoms with Gasteiger partial charge < -0.3 is 15.8 Å². The van der Waals surface area contributed by atoms with Crippen LogP contribution in [-0.4, -0.2) is 13.1 Å². The molecule has 0 heterocycles.